The van der Waals surface area contributed by atoms with Crippen molar-refractivity contribution < 1.29 is 38.1 Å². The maximum Gasteiger partial charge on any atom is 0.257 e. The van der Waals surface area contributed by atoms with Crippen molar-refractivity contribution >= 4 is 92.9 Å². The number of hydrogen-bond donors (Lipinski definition) is 8. The molecule has 0 aromatic heterocycles. The molecule has 592 valence electrons. The Morgan fingerprint density at radius 3 is 0.634 bits per heavy atom. The average Bonchev–Trinajstić information content (AvgIpc) is 0.773. The number of rotatable bonds is 40. The molecular weight excluding hydrogens is 1470 g/mol. The Balaban J connectivity index is 1.15. The van der Waals surface area contributed by atoms with Gasteiger partial charge in [-0.1, -0.05) is 202 Å². The second-order valence-corrected chi connectivity index (χ2v) is 30.3. The van der Waals surface area contributed by atoms with Crippen molar-refractivity contribution in [1.82, 2.24) is 42.5 Å². The van der Waals surface area contributed by atoms with E-state index in [0.29, 0.717) is 101 Å². The minimum atomic E-state index is -0.271. The van der Waals surface area contributed by atoms with Gasteiger partial charge in [0.15, 0.2) is 20.4 Å². The number of carbonyl (C=O) groups excluding carboxylic acids is 4. The van der Waals surface area contributed by atoms with Crippen molar-refractivity contribution in [3.63, 3.8) is 0 Å². The summed E-state index contributed by atoms with van der Waals surface area (Å²) in [6.45, 7) is 12.5. The summed E-state index contributed by atoms with van der Waals surface area (Å²) in [5.41, 5.74) is 11.3. The predicted octanol–water partition coefficient (Wildman–Crippen LogP) is 19.1. The Hall–Kier alpha value is -9.60. The number of nitrogens with one attached hydrogen (secondary N) is 8. The number of amides is 4. The fourth-order valence-electron chi connectivity index (χ4n) is 14.1. The molecule has 1 aliphatic carbocycles. The van der Waals surface area contributed by atoms with Gasteiger partial charge >= 0.3 is 0 Å². The fraction of sp³-hybridized carbons (Fsp3) is 0.391. The summed E-state index contributed by atoms with van der Waals surface area (Å²) in [4.78, 5) is 52.3. The van der Waals surface area contributed by atoms with Crippen molar-refractivity contribution in [1.29, 1.82) is 0 Å². The first-order chi connectivity index (χ1) is 54.7. The van der Waals surface area contributed by atoms with E-state index in [1.54, 1.807) is 48.5 Å². The van der Waals surface area contributed by atoms with Crippen molar-refractivity contribution in [3.05, 3.63) is 261 Å². The molecule has 0 saturated carbocycles. The van der Waals surface area contributed by atoms with Crippen LogP contribution in [0.3, 0.4) is 0 Å². The molecule has 0 heterocycles. The highest BCUT2D eigenvalue weighted by atomic mass is 32.1. The molecule has 9 rings (SSSR count). The second-order valence-electron chi connectivity index (χ2n) is 28.6. The van der Waals surface area contributed by atoms with E-state index in [2.05, 4.69) is 143 Å². The Kier molecular flexibility index (Phi) is 36.8. The molecule has 0 aliphatic heterocycles. The van der Waals surface area contributed by atoms with Gasteiger partial charge in [0.05, 0.1) is 26.4 Å². The summed E-state index contributed by atoms with van der Waals surface area (Å²) in [5.74, 6) is 1.66. The number of carbonyl (C=O) groups is 4. The minimum Gasteiger partial charge on any atom is -0.494 e. The van der Waals surface area contributed by atoms with Crippen molar-refractivity contribution in [2.45, 2.75) is 180 Å². The third-order valence-corrected chi connectivity index (χ3v) is 20.9. The molecule has 8 aromatic rings. The quantitative estimate of drug-likeness (QED) is 0.0133. The van der Waals surface area contributed by atoms with Gasteiger partial charge in [-0.05, 0) is 242 Å². The van der Waals surface area contributed by atoms with Crippen LogP contribution in [-0.2, 0) is 0 Å². The summed E-state index contributed by atoms with van der Waals surface area (Å²) in [5, 5.41) is 25.3. The third-order valence-electron chi connectivity index (χ3n) is 20.0. The molecular formula is C92H112N8O8S4. The van der Waals surface area contributed by atoms with Crippen LogP contribution in [0.25, 0.3) is 0 Å². The van der Waals surface area contributed by atoms with E-state index in [9.17, 15) is 19.2 Å². The predicted molar refractivity (Wildman–Crippen MR) is 468 cm³/mol. The zero-order valence-electron chi connectivity index (χ0n) is 65.5. The minimum absolute atomic E-state index is 0.0872. The molecule has 112 heavy (non-hydrogen) atoms. The summed E-state index contributed by atoms with van der Waals surface area (Å²) in [6, 6.07) is 64.2. The summed E-state index contributed by atoms with van der Waals surface area (Å²) >= 11 is 22.5. The Morgan fingerprint density at radius 2 is 0.455 bits per heavy atom. The van der Waals surface area contributed by atoms with E-state index in [0.717, 1.165) is 170 Å². The van der Waals surface area contributed by atoms with E-state index in [-0.39, 0.29) is 67.8 Å². The van der Waals surface area contributed by atoms with E-state index in [4.69, 9.17) is 67.8 Å². The van der Waals surface area contributed by atoms with Crippen LogP contribution in [0.15, 0.2) is 194 Å². The maximum atomic E-state index is 13.1. The zero-order valence-corrected chi connectivity index (χ0v) is 68.7. The monoisotopic (exact) mass is 1580 g/mol. The largest absolute Gasteiger partial charge is 0.494 e. The molecule has 0 spiro atoms. The SMILES string of the molecule is CCCCCC1c2cc(OCCCNC(=S)NC(=O)c3ccccc3)cc(c2)C(CCCCC)c2cc(OCCCNC(=S)NC(=O)c3ccccc3)cc(c2)C(CCCCC)c2cc(OCCCNC(=S)NC(=O)c3ccccc3)cc(c2)C(CCCCC)c2cc(OCCCNC(=S)NC(=O)c3ccccc3)cc1c2. The summed E-state index contributed by atoms with van der Waals surface area (Å²) in [6.07, 6.45) is 18.2. The topological polar surface area (TPSA) is 201 Å². The van der Waals surface area contributed by atoms with Gasteiger partial charge in [-0.15, -0.1) is 0 Å². The van der Waals surface area contributed by atoms with Gasteiger partial charge in [0.2, 0.25) is 0 Å². The Labute approximate surface area is 685 Å². The fourth-order valence-corrected chi connectivity index (χ4v) is 14.9. The van der Waals surface area contributed by atoms with Crippen LogP contribution in [0.5, 0.6) is 23.0 Å². The van der Waals surface area contributed by atoms with Gasteiger partial charge in [-0.25, -0.2) is 0 Å². The second kappa shape index (κ2) is 47.7. The van der Waals surface area contributed by atoms with Gasteiger partial charge in [0.25, 0.3) is 23.6 Å². The normalized spacial score (nSPS) is 14.1. The van der Waals surface area contributed by atoms with Crippen LogP contribution in [0.2, 0.25) is 0 Å². The van der Waals surface area contributed by atoms with Gasteiger partial charge < -0.3 is 40.2 Å². The van der Waals surface area contributed by atoms with E-state index in [1.807, 2.05) is 72.8 Å². The number of thiocarbonyl (C=S) groups is 4. The molecule has 16 nitrogen and oxygen atoms in total. The van der Waals surface area contributed by atoms with Crippen LogP contribution in [-0.4, -0.2) is 96.7 Å². The van der Waals surface area contributed by atoms with Crippen LogP contribution >= 0.6 is 48.9 Å². The van der Waals surface area contributed by atoms with Crippen LogP contribution in [0, 0.1) is 0 Å². The highest BCUT2D eigenvalue weighted by Crippen LogP contribution is 2.46. The molecule has 8 bridgehead atoms. The van der Waals surface area contributed by atoms with Gasteiger partial charge in [-0.3, -0.25) is 40.4 Å². The number of fused-ring (bicyclic) bond motifs is 8. The lowest BCUT2D eigenvalue weighted by Gasteiger charge is -2.29. The molecule has 1 aliphatic rings. The van der Waals surface area contributed by atoms with Gasteiger partial charge in [-0.2, -0.15) is 0 Å². The standard InChI is InChI=1S/C92H112N8O8S4/c1-5-9-17-41-81-69-53-71(59-77(57-69)105-49-29-45-93-89(109)97-85(101)65-33-21-13-22-34-65)82(42-18-10-6-2)73-55-75(63-79(61-73)107-51-31-47-95-91(111)99-87(103)67-37-25-15-26-38-67)84(44-20-12-8-4)76-56-74(62-80(64-76)108-52-32-48-96-92(112)100-88(104)68-39-27-16-28-40-68)83(43-19-11-7-3)72-54-70(81)58-78(60-72)106-50-30-46-94-90(110)98-86(102)66-35-23-14-24-36-66/h13-16,21-28,33-40,53-64,81-84H,5-12,17-20,29-32,41-52H2,1-4H3,(H2,93,97,101,109)(H2,94,98,102,110)(H2,95,99,103,111)(H2,96,100,104,112). The average molecular weight is 1590 g/mol. The number of unbranched alkanes of at least 4 members (excludes halogenated alkanes) is 8. The van der Waals surface area contributed by atoms with Crippen LogP contribution < -0.4 is 61.5 Å². The van der Waals surface area contributed by atoms with Crippen LogP contribution in [0.1, 0.15) is 266 Å². The number of benzene rings is 8. The lowest BCUT2D eigenvalue weighted by Crippen LogP contribution is -2.39. The Bertz CT molecular complexity index is 3690. The first-order valence-corrected chi connectivity index (χ1v) is 42.0. The zero-order chi connectivity index (χ0) is 79.1. The first kappa shape index (κ1) is 86.4. The van der Waals surface area contributed by atoms with Crippen molar-refractivity contribution in [2.24, 2.45) is 0 Å². The van der Waals surface area contributed by atoms with E-state index in [1.165, 1.54) is 0 Å². The number of ether oxygens (including phenoxy) is 4. The third kappa shape index (κ3) is 28.6. The molecule has 0 atom stereocenters. The number of hydrogen-bond acceptors (Lipinski definition) is 12. The highest BCUT2D eigenvalue weighted by molar-refractivity contribution is 7.80. The lowest BCUT2D eigenvalue weighted by molar-refractivity contribution is 0.0968. The highest BCUT2D eigenvalue weighted by Gasteiger charge is 2.29. The molecule has 0 radical (unpaired) electrons. The smallest absolute Gasteiger partial charge is 0.257 e. The molecule has 0 unspecified atom stereocenters. The summed E-state index contributed by atoms with van der Waals surface area (Å²) in [7, 11) is 0. The van der Waals surface area contributed by atoms with Crippen molar-refractivity contribution in [3.8, 4) is 23.0 Å². The molecule has 8 N–H and O–H groups in total. The maximum absolute atomic E-state index is 13.1. The van der Waals surface area contributed by atoms with Crippen molar-refractivity contribution in [2.75, 3.05) is 52.6 Å². The molecule has 0 saturated heterocycles. The molecule has 0 fully saturated rings. The lowest BCUT2D eigenvalue weighted by atomic mass is 9.77. The van der Waals surface area contributed by atoms with Gasteiger partial charge in [0.1, 0.15) is 23.0 Å². The van der Waals surface area contributed by atoms with Crippen LogP contribution in [0.4, 0.5) is 0 Å². The van der Waals surface area contributed by atoms with E-state index >= 15 is 0 Å². The van der Waals surface area contributed by atoms with Gasteiger partial charge in [0, 0.05) is 72.1 Å². The molecule has 4 amide bonds. The Morgan fingerprint density at radius 1 is 0.268 bits per heavy atom. The summed E-state index contributed by atoms with van der Waals surface area (Å²) < 4.78 is 28.0. The first-order valence-electron chi connectivity index (χ1n) is 40.4. The van der Waals surface area contributed by atoms with E-state index < -0.39 is 0 Å². The molecule has 8 aromatic carbocycles. The molecule has 20 heteroatoms.